The van der Waals surface area contributed by atoms with Gasteiger partial charge in [0, 0.05) is 10.6 Å². The molecule has 9 heteroatoms. The molecule has 0 radical (unpaired) electrons. The fourth-order valence-corrected chi connectivity index (χ4v) is 3.80. The molecule has 1 N–H and O–H groups in total. The molecule has 1 fully saturated rings. The van der Waals surface area contributed by atoms with Gasteiger partial charge in [0.25, 0.3) is 5.91 Å². The van der Waals surface area contributed by atoms with Crippen LogP contribution in [0, 0.1) is 0 Å². The third-order valence-electron chi connectivity index (χ3n) is 3.50. The Kier molecular flexibility index (Phi) is 6.06. The third-order valence-corrected chi connectivity index (χ3v) is 5.21. The van der Waals surface area contributed by atoms with E-state index in [-0.39, 0.29) is 22.2 Å². The van der Waals surface area contributed by atoms with E-state index in [1.165, 1.54) is 25.3 Å². The van der Waals surface area contributed by atoms with Crippen LogP contribution in [0.25, 0.3) is 6.08 Å². The number of thioether (sulfide) groups is 1. The van der Waals surface area contributed by atoms with Crippen molar-refractivity contribution in [3.05, 3.63) is 62.5 Å². The van der Waals surface area contributed by atoms with E-state index >= 15 is 0 Å². The monoisotopic (exact) mass is 439 g/mol. The zero-order chi connectivity index (χ0) is 19.6. The molecule has 27 heavy (non-hydrogen) atoms. The molecule has 0 aromatic heterocycles. The number of ether oxygens (including phenoxy) is 2. The molecule has 1 saturated heterocycles. The number of nitrogens with one attached hydrogen (secondary N) is 1. The zero-order valence-electron chi connectivity index (χ0n) is 13.7. The maximum Gasteiger partial charge on any atom is 0.345 e. The maximum absolute atomic E-state index is 12.6. The van der Waals surface area contributed by atoms with Crippen LogP contribution in [0.4, 0.5) is 0 Å². The molecular weight excluding hydrogens is 429 g/mol. The van der Waals surface area contributed by atoms with Crippen molar-refractivity contribution in [2.24, 2.45) is 0 Å². The summed E-state index contributed by atoms with van der Waals surface area (Å²) in [7, 11) is 1.45. The number of thiocarbonyl (C=S) groups is 1. The van der Waals surface area contributed by atoms with Gasteiger partial charge in [-0.2, -0.15) is 0 Å². The second-order valence-corrected chi connectivity index (χ2v) is 7.81. The molecule has 0 spiro atoms. The summed E-state index contributed by atoms with van der Waals surface area (Å²) in [4.78, 5) is 24.9. The Hall–Kier alpha value is -2.06. The number of rotatable bonds is 4. The van der Waals surface area contributed by atoms with Crippen LogP contribution in [0.15, 0.2) is 41.3 Å². The van der Waals surface area contributed by atoms with Gasteiger partial charge in [-0.15, -0.1) is 0 Å². The van der Waals surface area contributed by atoms with Gasteiger partial charge in [0.15, 0.2) is 11.5 Å². The van der Waals surface area contributed by atoms with Crippen LogP contribution in [0.2, 0.25) is 10.0 Å². The average Bonchev–Trinajstić information content (AvgIpc) is 2.93. The standard InChI is InChI=1S/C18H11Cl2NO4S2/c1-24-13-4-2-3-9(7-14-16(22)21-18(26)27-14)15(13)25-17(23)11-6-5-10(19)8-12(11)20/h2-8H,1H3,(H,21,22,26). The predicted octanol–water partition coefficient (Wildman–Crippen LogP) is 4.71. The van der Waals surface area contributed by atoms with Gasteiger partial charge in [-0.1, -0.05) is 59.3 Å². The quantitative estimate of drug-likeness (QED) is 0.322. The van der Waals surface area contributed by atoms with Crippen molar-refractivity contribution >= 4 is 69.5 Å². The van der Waals surface area contributed by atoms with Crippen LogP contribution in [0.5, 0.6) is 11.5 Å². The number of benzene rings is 2. The van der Waals surface area contributed by atoms with Gasteiger partial charge in [0.2, 0.25) is 0 Å². The number of methoxy groups -OCH3 is 1. The Morgan fingerprint density at radius 1 is 1.26 bits per heavy atom. The van der Waals surface area contributed by atoms with Gasteiger partial charge in [-0.05, 0) is 30.3 Å². The minimum atomic E-state index is -0.681. The summed E-state index contributed by atoms with van der Waals surface area (Å²) in [5, 5.41) is 3.10. The fourth-order valence-electron chi connectivity index (χ4n) is 2.28. The highest BCUT2D eigenvalue weighted by molar-refractivity contribution is 8.26. The molecule has 0 unspecified atom stereocenters. The van der Waals surface area contributed by atoms with Crippen LogP contribution < -0.4 is 14.8 Å². The van der Waals surface area contributed by atoms with Gasteiger partial charge in [-0.3, -0.25) is 4.79 Å². The lowest BCUT2D eigenvalue weighted by Crippen LogP contribution is -2.17. The van der Waals surface area contributed by atoms with Gasteiger partial charge in [0.05, 0.1) is 22.6 Å². The summed E-state index contributed by atoms with van der Waals surface area (Å²) < 4.78 is 11.2. The molecule has 1 heterocycles. The highest BCUT2D eigenvalue weighted by Crippen LogP contribution is 2.36. The number of esters is 1. The molecule has 0 aliphatic carbocycles. The highest BCUT2D eigenvalue weighted by Gasteiger charge is 2.24. The number of hydrogen-bond acceptors (Lipinski definition) is 6. The van der Waals surface area contributed by atoms with Crippen molar-refractivity contribution < 1.29 is 19.1 Å². The summed E-state index contributed by atoms with van der Waals surface area (Å²) in [6.07, 6.45) is 1.58. The molecule has 1 aliphatic heterocycles. The molecule has 1 aliphatic rings. The molecule has 2 aromatic rings. The van der Waals surface area contributed by atoms with Crippen molar-refractivity contribution in [3.63, 3.8) is 0 Å². The Bertz CT molecular complexity index is 991. The van der Waals surface area contributed by atoms with E-state index in [2.05, 4.69) is 5.32 Å². The lowest BCUT2D eigenvalue weighted by atomic mass is 10.1. The molecule has 0 atom stereocenters. The Balaban J connectivity index is 1.99. The minimum Gasteiger partial charge on any atom is -0.493 e. The predicted molar refractivity (Wildman–Crippen MR) is 111 cm³/mol. The summed E-state index contributed by atoms with van der Waals surface area (Å²) in [5.74, 6) is -0.505. The second-order valence-electron chi connectivity index (χ2n) is 5.24. The molecule has 0 bridgehead atoms. The largest absolute Gasteiger partial charge is 0.493 e. The molecule has 2 aromatic carbocycles. The minimum absolute atomic E-state index is 0.153. The van der Waals surface area contributed by atoms with Gasteiger partial charge in [-0.25, -0.2) is 4.79 Å². The van der Waals surface area contributed by atoms with Crippen molar-refractivity contribution in [1.29, 1.82) is 0 Å². The van der Waals surface area contributed by atoms with Crippen molar-refractivity contribution in [2.75, 3.05) is 7.11 Å². The number of para-hydroxylation sites is 1. The summed E-state index contributed by atoms with van der Waals surface area (Å²) in [5.41, 5.74) is 0.634. The fraction of sp³-hybridized carbons (Fsp3) is 0.0556. The van der Waals surface area contributed by atoms with Gasteiger partial charge >= 0.3 is 5.97 Å². The molecule has 3 rings (SSSR count). The van der Waals surface area contributed by atoms with Crippen molar-refractivity contribution in [2.45, 2.75) is 0 Å². The maximum atomic E-state index is 12.6. The molecule has 0 saturated carbocycles. The zero-order valence-corrected chi connectivity index (χ0v) is 16.9. The van der Waals surface area contributed by atoms with Crippen LogP contribution in [-0.4, -0.2) is 23.3 Å². The van der Waals surface area contributed by atoms with Crippen LogP contribution >= 0.6 is 47.2 Å². The molecule has 138 valence electrons. The van der Waals surface area contributed by atoms with E-state index in [1.807, 2.05) is 0 Å². The Labute approximate surface area is 174 Å². The smallest absolute Gasteiger partial charge is 0.345 e. The van der Waals surface area contributed by atoms with E-state index in [0.717, 1.165) is 11.8 Å². The van der Waals surface area contributed by atoms with Crippen LogP contribution in [-0.2, 0) is 4.79 Å². The topological polar surface area (TPSA) is 64.6 Å². The van der Waals surface area contributed by atoms with E-state index in [1.54, 1.807) is 24.3 Å². The average molecular weight is 440 g/mol. The van der Waals surface area contributed by atoms with Crippen LogP contribution in [0.1, 0.15) is 15.9 Å². The van der Waals surface area contributed by atoms with Crippen LogP contribution in [0.3, 0.4) is 0 Å². The Morgan fingerprint density at radius 3 is 2.67 bits per heavy atom. The first-order valence-electron chi connectivity index (χ1n) is 7.48. The molecule has 5 nitrogen and oxygen atoms in total. The van der Waals surface area contributed by atoms with Gasteiger partial charge in [0.1, 0.15) is 4.32 Å². The number of carbonyl (C=O) groups excluding carboxylic acids is 2. The normalized spacial score (nSPS) is 15.0. The second kappa shape index (κ2) is 8.31. The first-order chi connectivity index (χ1) is 12.9. The number of halogens is 2. The summed E-state index contributed by atoms with van der Waals surface area (Å²) in [6, 6.07) is 9.51. The number of hydrogen-bond donors (Lipinski definition) is 1. The van der Waals surface area contributed by atoms with E-state index < -0.39 is 5.97 Å². The lowest BCUT2D eigenvalue weighted by molar-refractivity contribution is -0.115. The highest BCUT2D eigenvalue weighted by atomic mass is 35.5. The van der Waals surface area contributed by atoms with E-state index in [9.17, 15) is 9.59 Å². The lowest BCUT2D eigenvalue weighted by Gasteiger charge is -2.13. The number of carbonyl (C=O) groups is 2. The Morgan fingerprint density at radius 2 is 2.04 bits per heavy atom. The van der Waals surface area contributed by atoms with Crippen molar-refractivity contribution in [3.8, 4) is 11.5 Å². The first-order valence-corrected chi connectivity index (χ1v) is 9.46. The van der Waals surface area contributed by atoms with Gasteiger partial charge < -0.3 is 14.8 Å². The molecular formula is C18H11Cl2NO4S2. The third kappa shape index (κ3) is 4.44. The summed E-state index contributed by atoms with van der Waals surface area (Å²) >= 11 is 18.0. The number of amides is 1. The van der Waals surface area contributed by atoms with Crippen molar-refractivity contribution in [1.82, 2.24) is 5.32 Å². The summed E-state index contributed by atoms with van der Waals surface area (Å²) in [6.45, 7) is 0. The van der Waals surface area contributed by atoms with E-state index in [0.29, 0.717) is 25.6 Å². The molecule has 1 amide bonds. The van der Waals surface area contributed by atoms with E-state index in [4.69, 9.17) is 44.9 Å². The SMILES string of the molecule is COc1cccc(C=C2SC(=S)NC2=O)c1OC(=O)c1ccc(Cl)cc1Cl. The first kappa shape index (κ1) is 19.7.